The first-order valence-corrected chi connectivity index (χ1v) is 16.0. The van der Waals surface area contributed by atoms with Gasteiger partial charge in [-0.05, 0) is 12.1 Å². The van der Waals surface area contributed by atoms with E-state index < -0.39 is 43.1 Å². The number of carbonyl (C=O) groups is 4. The smallest absolute Gasteiger partial charge is 0.331 e. The van der Waals surface area contributed by atoms with Crippen molar-refractivity contribution < 1.29 is 58.2 Å². The number of fused-ring (bicyclic) bond motifs is 6. The molecule has 2 aliphatic heterocycles. The maximum absolute atomic E-state index is 13.3. The van der Waals surface area contributed by atoms with Crippen molar-refractivity contribution in [2.75, 3.05) is 47.8 Å². The van der Waals surface area contributed by atoms with Crippen LogP contribution in [0.1, 0.15) is 30.5 Å². The Morgan fingerprint density at radius 2 is 1.21 bits per heavy atom. The molecule has 0 saturated heterocycles. The zero-order valence-electron chi connectivity index (χ0n) is 25.4. The highest BCUT2D eigenvalue weighted by Gasteiger charge is 2.40. The Balaban J connectivity index is 1.10. The van der Waals surface area contributed by atoms with Crippen molar-refractivity contribution in [1.29, 1.82) is 0 Å². The highest BCUT2D eigenvalue weighted by Crippen LogP contribution is 2.44. The molecule has 248 valence electrons. The normalized spacial score (nSPS) is 15.2. The van der Waals surface area contributed by atoms with Gasteiger partial charge in [-0.15, -0.1) is 22.7 Å². The van der Waals surface area contributed by atoms with Crippen LogP contribution in [0.15, 0.2) is 24.3 Å². The average molecular weight is 687 g/mol. The first-order chi connectivity index (χ1) is 22.6. The van der Waals surface area contributed by atoms with E-state index in [0.717, 1.165) is 20.5 Å². The highest BCUT2D eigenvalue weighted by molar-refractivity contribution is 7.21. The molecule has 2 aliphatic rings. The van der Waals surface area contributed by atoms with Crippen molar-refractivity contribution in [2.24, 2.45) is 0 Å². The number of nitrogens with zero attached hydrogens (tertiary/aromatic N) is 2. The molecule has 2 unspecified atom stereocenters. The summed E-state index contributed by atoms with van der Waals surface area (Å²) in [6.45, 7) is -1.46. The lowest BCUT2D eigenvalue weighted by Gasteiger charge is -2.24. The molecule has 2 atom stereocenters. The SMILES string of the molecule is COc1cc2sc3c(c2cc1OC)CN(C(CO)C(=O)OCCOc1cc2sc4c(c2cc1OC)CN(C(CO)C(=O)O)C4=O)C3=O. The summed E-state index contributed by atoms with van der Waals surface area (Å²) in [4.78, 5) is 54.0. The van der Waals surface area contributed by atoms with Crippen LogP contribution < -0.4 is 18.9 Å². The molecule has 0 fully saturated rings. The minimum atomic E-state index is -1.35. The Morgan fingerprint density at radius 1 is 0.745 bits per heavy atom. The van der Waals surface area contributed by atoms with Gasteiger partial charge in [-0.2, -0.15) is 0 Å². The standard InChI is InChI=1S/C31H30N2O12S2/c1-41-20-6-14-17-11-33(29(37)27(17)46-24(14)8-22(20)43-3)19(13-35)31(40)45-5-4-44-23-9-25-15(7-21(23)42-2)16-10-32(18(12-34)30(38)39)28(36)26(16)47-25/h6-9,18-19,34-35H,4-5,10-13H2,1-3H3,(H,38,39). The van der Waals surface area contributed by atoms with Gasteiger partial charge in [0, 0.05) is 56.5 Å². The summed E-state index contributed by atoms with van der Waals surface area (Å²) < 4.78 is 29.0. The van der Waals surface area contributed by atoms with Crippen molar-refractivity contribution >= 4 is 66.6 Å². The number of thiophene rings is 2. The van der Waals surface area contributed by atoms with Gasteiger partial charge in [0.05, 0.1) is 44.3 Å². The zero-order valence-corrected chi connectivity index (χ0v) is 27.1. The second kappa shape index (κ2) is 12.9. The Bertz CT molecular complexity index is 1920. The quantitative estimate of drug-likeness (QED) is 0.138. The summed E-state index contributed by atoms with van der Waals surface area (Å²) in [5, 5.41) is 30.4. The predicted octanol–water partition coefficient (Wildman–Crippen LogP) is 2.48. The van der Waals surface area contributed by atoms with E-state index in [2.05, 4.69) is 0 Å². The Kier molecular flexibility index (Phi) is 8.84. The summed E-state index contributed by atoms with van der Waals surface area (Å²) >= 11 is 2.45. The van der Waals surface area contributed by atoms with E-state index in [4.69, 9.17) is 23.7 Å². The first kappa shape index (κ1) is 32.3. The van der Waals surface area contributed by atoms with Crippen LogP contribution >= 0.6 is 22.7 Å². The predicted molar refractivity (Wildman–Crippen MR) is 169 cm³/mol. The Labute approximate surface area is 275 Å². The topological polar surface area (TPSA) is 182 Å². The molecule has 4 aromatic rings. The van der Waals surface area contributed by atoms with Gasteiger partial charge in [0.1, 0.15) is 13.2 Å². The third kappa shape index (κ3) is 5.46. The summed E-state index contributed by atoms with van der Waals surface area (Å²) in [5.74, 6) is -1.22. The Morgan fingerprint density at radius 3 is 1.70 bits per heavy atom. The average Bonchev–Trinajstić information content (AvgIpc) is 3.78. The molecule has 4 heterocycles. The number of amides is 2. The van der Waals surface area contributed by atoms with Crippen molar-refractivity contribution in [3.05, 3.63) is 45.1 Å². The number of carboxylic acid groups (broad SMARTS) is 1. The number of aliphatic hydroxyl groups excluding tert-OH is 2. The van der Waals surface area contributed by atoms with Crippen molar-refractivity contribution in [2.45, 2.75) is 25.2 Å². The molecule has 0 aliphatic carbocycles. The molecule has 2 amide bonds. The molecule has 16 heteroatoms. The lowest BCUT2D eigenvalue weighted by atomic mass is 10.1. The van der Waals surface area contributed by atoms with Gasteiger partial charge >= 0.3 is 11.9 Å². The molecule has 47 heavy (non-hydrogen) atoms. The summed E-state index contributed by atoms with van der Waals surface area (Å²) in [6.07, 6.45) is 0. The minimum absolute atomic E-state index is 0.0309. The number of ether oxygens (including phenoxy) is 5. The number of carbonyl (C=O) groups excluding carboxylic acids is 3. The van der Waals surface area contributed by atoms with Crippen LogP contribution in [0.2, 0.25) is 0 Å². The van der Waals surface area contributed by atoms with E-state index >= 15 is 0 Å². The molecule has 0 bridgehead atoms. The maximum Gasteiger partial charge on any atom is 0.331 e. The van der Waals surface area contributed by atoms with Gasteiger partial charge in [-0.1, -0.05) is 0 Å². The van der Waals surface area contributed by atoms with Crippen molar-refractivity contribution in [3.63, 3.8) is 0 Å². The van der Waals surface area contributed by atoms with Crippen LogP contribution in [0.3, 0.4) is 0 Å². The summed E-state index contributed by atoms with van der Waals surface area (Å²) in [5.41, 5.74) is 1.37. The molecule has 0 radical (unpaired) electrons. The minimum Gasteiger partial charge on any atom is -0.493 e. The molecule has 6 rings (SSSR count). The number of esters is 1. The van der Waals surface area contributed by atoms with Gasteiger partial charge < -0.3 is 48.8 Å². The fourth-order valence-corrected chi connectivity index (χ4v) is 8.17. The largest absolute Gasteiger partial charge is 0.493 e. The van der Waals surface area contributed by atoms with Crippen LogP contribution in [-0.4, -0.2) is 109 Å². The molecule has 3 N–H and O–H groups in total. The number of methoxy groups -OCH3 is 3. The third-order valence-electron chi connectivity index (χ3n) is 8.18. The molecule has 14 nitrogen and oxygen atoms in total. The summed E-state index contributed by atoms with van der Waals surface area (Å²) in [7, 11) is 4.49. The van der Waals surface area contributed by atoms with E-state index in [1.165, 1.54) is 48.9 Å². The van der Waals surface area contributed by atoms with Crippen molar-refractivity contribution in [3.8, 4) is 23.0 Å². The highest BCUT2D eigenvalue weighted by atomic mass is 32.1. The summed E-state index contributed by atoms with van der Waals surface area (Å²) in [6, 6.07) is 4.39. The van der Waals surface area contributed by atoms with Crippen molar-refractivity contribution in [1.82, 2.24) is 9.80 Å². The fourth-order valence-electron chi connectivity index (χ4n) is 5.81. The second-order valence-corrected chi connectivity index (χ2v) is 12.7. The van der Waals surface area contributed by atoms with Gasteiger partial charge in [-0.3, -0.25) is 9.59 Å². The third-order valence-corrected chi connectivity index (χ3v) is 10.5. The van der Waals surface area contributed by atoms with Crippen LogP contribution in [0.25, 0.3) is 20.2 Å². The maximum atomic E-state index is 13.3. The van der Waals surface area contributed by atoms with E-state index in [1.54, 1.807) is 24.3 Å². The van der Waals surface area contributed by atoms with E-state index in [0.29, 0.717) is 48.4 Å². The lowest BCUT2D eigenvalue weighted by molar-refractivity contribution is -0.151. The number of carboxylic acids is 1. The van der Waals surface area contributed by atoms with Crippen LogP contribution in [0.4, 0.5) is 0 Å². The zero-order chi connectivity index (χ0) is 33.6. The number of rotatable bonds is 13. The first-order valence-electron chi connectivity index (χ1n) is 14.3. The fraction of sp³-hybridized carbons (Fsp3) is 0.355. The number of hydrogen-bond donors (Lipinski definition) is 3. The van der Waals surface area contributed by atoms with E-state index in [1.807, 2.05) is 0 Å². The van der Waals surface area contributed by atoms with E-state index in [-0.39, 0.29) is 32.2 Å². The van der Waals surface area contributed by atoms with Gasteiger partial charge in [0.25, 0.3) is 11.8 Å². The number of hydrogen-bond acceptors (Lipinski definition) is 13. The Hall–Kier alpha value is -4.64. The number of aliphatic hydroxyl groups is 2. The van der Waals surface area contributed by atoms with Gasteiger partial charge in [0.15, 0.2) is 35.1 Å². The molecule has 2 aromatic heterocycles. The number of benzene rings is 2. The number of aliphatic carboxylic acids is 1. The van der Waals surface area contributed by atoms with Gasteiger partial charge in [0.2, 0.25) is 0 Å². The van der Waals surface area contributed by atoms with Gasteiger partial charge in [-0.25, -0.2) is 9.59 Å². The molecular formula is C31H30N2O12S2. The lowest BCUT2D eigenvalue weighted by Crippen LogP contribution is -2.45. The molecule has 2 aromatic carbocycles. The molecular weight excluding hydrogens is 656 g/mol. The molecule has 0 spiro atoms. The van der Waals surface area contributed by atoms with E-state index in [9.17, 15) is 34.5 Å². The molecule has 0 saturated carbocycles. The van der Waals surface area contributed by atoms with Crippen LogP contribution in [0.5, 0.6) is 23.0 Å². The van der Waals surface area contributed by atoms with Crippen LogP contribution in [0, 0.1) is 0 Å². The monoisotopic (exact) mass is 686 g/mol. The second-order valence-electron chi connectivity index (χ2n) is 10.6. The van der Waals surface area contributed by atoms with Crippen LogP contribution in [-0.2, 0) is 27.4 Å².